The van der Waals surface area contributed by atoms with Crippen LogP contribution >= 0.6 is 22.7 Å². The van der Waals surface area contributed by atoms with Crippen LogP contribution in [0.25, 0.3) is 9.92 Å². The van der Waals surface area contributed by atoms with Gasteiger partial charge in [-0.05, 0) is 24.3 Å². The van der Waals surface area contributed by atoms with Gasteiger partial charge in [-0.1, -0.05) is 59.1 Å². The fraction of sp³-hybridized carbons (Fsp3) is 0.100. The van der Waals surface area contributed by atoms with Crippen molar-refractivity contribution in [1.82, 2.24) is 39.6 Å². The lowest BCUT2D eigenvalue weighted by atomic mass is 10.3. The maximum atomic E-state index is 4.61. The average Bonchev–Trinajstić information content (AvgIpc) is 3.56. The van der Waals surface area contributed by atoms with Crippen molar-refractivity contribution in [2.75, 3.05) is 10.6 Å². The van der Waals surface area contributed by atoms with Gasteiger partial charge in [-0.3, -0.25) is 0 Å². The number of rotatable bonds is 7. The first kappa shape index (κ1) is 18.8. The highest BCUT2D eigenvalue weighted by Crippen LogP contribution is 2.24. The molecule has 4 heterocycles. The van der Waals surface area contributed by atoms with Gasteiger partial charge in [0.25, 0.3) is 0 Å². The number of aromatic nitrogens is 8. The molecule has 0 bridgehead atoms. The molecule has 32 heavy (non-hydrogen) atoms. The molecule has 0 saturated heterocycles. The van der Waals surface area contributed by atoms with E-state index in [2.05, 4.69) is 41.2 Å². The fourth-order valence-electron chi connectivity index (χ4n) is 3.24. The molecule has 0 aliphatic heterocycles. The summed E-state index contributed by atoms with van der Waals surface area (Å²) in [5.41, 5.74) is 1.96. The Morgan fingerprint density at radius 3 is 1.47 bits per heavy atom. The van der Waals surface area contributed by atoms with Crippen LogP contribution in [0.3, 0.4) is 0 Å². The van der Waals surface area contributed by atoms with Crippen LogP contribution in [-0.2, 0) is 12.8 Å². The Hall–Kier alpha value is -3.90. The first-order chi connectivity index (χ1) is 15.8. The van der Waals surface area contributed by atoms with Gasteiger partial charge in [0.1, 0.15) is 0 Å². The van der Waals surface area contributed by atoms with Gasteiger partial charge < -0.3 is 10.6 Å². The predicted molar refractivity (Wildman–Crippen MR) is 124 cm³/mol. The molecule has 0 unspecified atom stereocenters. The third kappa shape index (κ3) is 3.65. The van der Waals surface area contributed by atoms with Crippen molar-refractivity contribution >= 4 is 54.2 Å². The van der Waals surface area contributed by atoms with Crippen LogP contribution in [0.1, 0.15) is 11.6 Å². The zero-order valence-corrected chi connectivity index (χ0v) is 18.2. The minimum atomic E-state index is 0.620. The summed E-state index contributed by atoms with van der Waals surface area (Å²) in [7, 11) is 0. The van der Waals surface area contributed by atoms with E-state index in [-0.39, 0.29) is 0 Å². The number of nitrogens with zero attached hydrogens (tertiary/aromatic N) is 8. The number of anilines is 4. The van der Waals surface area contributed by atoms with Crippen molar-refractivity contribution in [2.24, 2.45) is 0 Å². The Morgan fingerprint density at radius 1 is 0.594 bits per heavy atom. The quantitative estimate of drug-likeness (QED) is 0.368. The molecule has 2 N–H and O–H groups in total. The number of fused-ring (bicyclic) bond motifs is 2. The van der Waals surface area contributed by atoms with Gasteiger partial charge in [0.2, 0.25) is 20.2 Å². The normalized spacial score (nSPS) is 11.4. The highest BCUT2D eigenvalue weighted by atomic mass is 32.1. The largest absolute Gasteiger partial charge is 0.330 e. The van der Waals surface area contributed by atoms with Gasteiger partial charge in [-0.25, -0.2) is 0 Å². The Labute approximate surface area is 189 Å². The van der Waals surface area contributed by atoms with Gasteiger partial charge in [0.15, 0.2) is 11.6 Å². The monoisotopic (exact) mass is 460 g/mol. The number of benzene rings is 2. The van der Waals surface area contributed by atoms with Crippen LogP contribution in [-0.4, -0.2) is 39.6 Å². The molecule has 0 saturated carbocycles. The van der Waals surface area contributed by atoms with Crippen molar-refractivity contribution in [3.05, 3.63) is 72.3 Å². The van der Waals surface area contributed by atoms with Crippen molar-refractivity contribution in [3.63, 3.8) is 0 Å². The SMILES string of the molecule is c1ccc(Nc2nn3c(CCc4nnc5sc(Nc6ccccc6)nn45)nnc3s2)cc1. The zero-order chi connectivity index (χ0) is 21.3. The number of para-hydroxylation sites is 2. The number of nitrogens with one attached hydrogen (secondary N) is 2. The van der Waals surface area contributed by atoms with E-state index in [0.717, 1.165) is 43.2 Å². The summed E-state index contributed by atoms with van der Waals surface area (Å²) in [5.74, 6) is 1.54. The molecule has 12 heteroatoms. The van der Waals surface area contributed by atoms with Crippen LogP contribution in [0.15, 0.2) is 60.7 Å². The van der Waals surface area contributed by atoms with Crippen molar-refractivity contribution < 1.29 is 0 Å². The maximum Gasteiger partial charge on any atom is 0.236 e. The highest BCUT2D eigenvalue weighted by Gasteiger charge is 2.16. The first-order valence-corrected chi connectivity index (χ1v) is 11.5. The van der Waals surface area contributed by atoms with E-state index >= 15 is 0 Å². The second-order valence-electron chi connectivity index (χ2n) is 6.92. The summed E-state index contributed by atoms with van der Waals surface area (Å²) in [5, 5.41) is 34.5. The molecule has 4 aromatic heterocycles. The Balaban J connectivity index is 1.18. The van der Waals surface area contributed by atoms with Crippen LogP contribution in [0.4, 0.5) is 21.6 Å². The third-order valence-corrected chi connectivity index (χ3v) is 6.36. The molecule has 0 spiro atoms. The van der Waals surface area contributed by atoms with E-state index in [9.17, 15) is 0 Å². The minimum absolute atomic E-state index is 0.620. The summed E-state index contributed by atoms with van der Waals surface area (Å²) in [4.78, 5) is 1.49. The van der Waals surface area contributed by atoms with Gasteiger partial charge in [0.05, 0.1) is 0 Å². The van der Waals surface area contributed by atoms with Crippen molar-refractivity contribution in [3.8, 4) is 0 Å². The predicted octanol–water partition coefficient (Wildman–Crippen LogP) is 3.96. The molecule has 6 rings (SSSR count). The standard InChI is InChI=1S/C20H16N10S2/c1-3-7-13(8-4-1)21-17-27-29-15(23-25-19(29)31-17)11-12-16-24-26-20-30(16)28-18(32-20)22-14-9-5-2-6-10-14/h1-10H,11-12H2,(H,21,27)(H,22,28). The number of hydrogen-bond acceptors (Lipinski definition) is 10. The van der Waals surface area contributed by atoms with Gasteiger partial charge in [-0.2, -0.15) is 9.03 Å². The fourth-order valence-corrected chi connectivity index (χ4v) is 4.80. The van der Waals surface area contributed by atoms with Crippen LogP contribution in [0, 0.1) is 0 Å². The molecule has 0 radical (unpaired) electrons. The zero-order valence-electron chi connectivity index (χ0n) is 16.6. The van der Waals surface area contributed by atoms with E-state index in [1.807, 2.05) is 60.7 Å². The maximum absolute atomic E-state index is 4.61. The Kier molecular flexibility index (Phi) is 4.70. The van der Waals surface area contributed by atoms with Gasteiger partial charge in [0, 0.05) is 24.2 Å². The van der Waals surface area contributed by atoms with E-state index in [1.165, 1.54) is 22.7 Å². The number of aryl methyl sites for hydroxylation is 2. The molecule has 158 valence electrons. The second-order valence-corrected chi connectivity index (χ2v) is 8.83. The minimum Gasteiger partial charge on any atom is -0.330 e. The number of hydrogen-bond donors (Lipinski definition) is 2. The highest BCUT2D eigenvalue weighted by molar-refractivity contribution is 7.20. The van der Waals surface area contributed by atoms with Crippen molar-refractivity contribution in [1.29, 1.82) is 0 Å². The van der Waals surface area contributed by atoms with E-state index in [1.54, 1.807) is 9.03 Å². The average molecular weight is 461 g/mol. The molecule has 0 aliphatic rings. The summed E-state index contributed by atoms with van der Waals surface area (Å²) >= 11 is 2.92. The summed E-state index contributed by atoms with van der Waals surface area (Å²) in [6, 6.07) is 19.9. The van der Waals surface area contributed by atoms with E-state index < -0.39 is 0 Å². The molecular weight excluding hydrogens is 444 g/mol. The molecule has 0 fully saturated rings. The lowest BCUT2D eigenvalue weighted by Gasteiger charge is -2.00. The Morgan fingerprint density at radius 2 is 1.03 bits per heavy atom. The topological polar surface area (TPSA) is 110 Å². The van der Waals surface area contributed by atoms with E-state index in [0.29, 0.717) is 12.8 Å². The lowest BCUT2D eigenvalue weighted by molar-refractivity contribution is 0.738. The van der Waals surface area contributed by atoms with Crippen LogP contribution in [0.5, 0.6) is 0 Å². The molecule has 0 atom stereocenters. The smallest absolute Gasteiger partial charge is 0.236 e. The van der Waals surface area contributed by atoms with Crippen LogP contribution in [0.2, 0.25) is 0 Å². The summed E-state index contributed by atoms with van der Waals surface area (Å²) in [6.45, 7) is 0. The summed E-state index contributed by atoms with van der Waals surface area (Å²) < 4.78 is 3.55. The first-order valence-electron chi connectivity index (χ1n) is 9.88. The van der Waals surface area contributed by atoms with E-state index in [4.69, 9.17) is 0 Å². The lowest BCUT2D eigenvalue weighted by Crippen LogP contribution is -2.03. The molecular formula is C20H16N10S2. The molecule has 0 amide bonds. The molecule has 0 aliphatic carbocycles. The van der Waals surface area contributed by atoms with Gasteiger partial charge in [-0.15, -0.1) is 30.6 Å². The third-order valence-electron chi connectivity index (χ3n) is 4.73. The van der Waals surface area contributed by atoms with Gasteiger partial charge >= 0.3 is 0 Å². The van der Waals surface area contributed by atoms with Crippen molar-refractivity contribution in [2.45, 2.75) is 12.8 Å². The summed E-state index contributed by atoms with van der Waals surface area (Å²) in [6.07, 6.45) is 1.24. The second kappa shape index (κ2) is 7.98. The van der Waals surface area contributed by atoms with Crippen LogP contribution < -0.4 is 10.6 Å². The Bertz CT molecular complexity index is 1370. The molecule has 10 nitrogen and oxygen atoms in total. The molecule has 2 aromatic carbocycles. The molecule has 6 aromatic rings.